The lowest BCUT2D eigenvalue weighted by Gasteiger charge is -2.20. The highest BCUT2D eigenvalue weighted by Crippen LogP contribution is 2.26. The van der Waals surface area contributed by atoms with Crippen LogP contribution in [0.4, 0.5) is 0 Å². The van der Waals surface area contributed by atoms with Crippen molar-refractivity contribution < 1.29 is 14.3 Å². The zero-order chi connectivity index (χ0) is 18.0. The van der Waals surface area contributed by atoms with E-state index < -0.39 is 12.1 Å². The van der Waals surface area contributed by atoms with Crippen LogP contribution in [0.1, 0.15) is 47.3 Å². The van der Waals surface area contributed by atoms with Crippen molar-refractivity contribution in [1.29, 1.82) is 0 Å². The summed E-state index contributed by atoms with van der Waals surface area (Å²) in [7, 11) is 0. The Morgan fingerprint density at radius 2 is 2.08 bits per heavy atom. The number of halogens is 2. The van der Waals surface area contributed by atoms with Crippen LogP contribution in [0, 0.1) is 6.92 Å². The number of benzene rings is 1. The van der Waals surface area contributed by atoms with E-state index in [9.17, 15) is 9.59 Å². The van der Waals surface area contributed by atoms with Crippen molar-refractivity contribution in [1.82, 2.24) is 9.78 Å². The van der Waals surface area contributed by atoms with Crippen LogP contribution in [0.2, 0.25) is 10.2 Å². The molecule has 2 aromatic rings. The highest BCUT2D eigenvalue weighted by molar-refractivity contribution is 6.33. The van der Waals surface area contributed by atoms with Crippen molar-refractivity contribution in [3.8, 4) is 0 Å². The Kier molecular flexibility index (Phi) is 5.45. The van der Waals surface area contributed by atoms with E-state index in [4.69, 9.17) is 27.9 Å². The zero-order valence-electron chi connectivity index (χ0n) is 13.8. The summed E-state index contributed by atoms with van der Waals surface area (Å²) in [6, 6.07) is 7.36. The third-order valence-corrected chi connectivity index (χ3v) is 5.05. The van der Waals surface area contributed by atoms with Crippen molar-refractivity contribution in [2.45, 2.75) is 45.3 Å². The van der Waals surface area contributed by atoms with Crippen LogP contribution in [0.25, 0.3) is 0 Å². The maximum absolute atomic E-state index is 12.5. The number of carbonyl (C=O) groups is 2. The minimum atomic E-state index is -0.677. The molecule has 0 saturated heterocycles. The minimum absolute atomic E-state index is 0.0307. The Bertz CT molecular complexity index is 817. The molecule has 1 heterocycles. The third kappa shape index (κ3) is 3.88. The van der Waals surface area contributed by atoms with Gasteiger partial charge in [0.25, 0.3) is 0 Å². The first-order valence-corrected chi connectivity index (χ1v) is 8.93. The van der Waals surface area contributed by atoms with Crippen LogP contribution in [-0.4, -0.2) is 27.6 Å². The Morgan fingerprint density at radius 3 is 2.80 bits per heavy atom. The van der Waals surface area contributed by atoms with Crippen molar-refractivity contribution >= 4 is 35.0 Å². The standard InChI is InChI=1S/C18H18Cl2N2O3/c1-11-16(18(24)25-15-9-5-4-8-14(15)23)17(20)22(21-11)10-12-6-2-3-7-13(12)19/h2-3,6-7,15H,4-5,8-10H2,1H3. The average Bonchev–Trinajstić information content (AvgIpc) is 2.86. The first-order chi connectivity index (χ1) is 12.0. The van der Waals surface area contributed by atoms with Gasteiger partial charge in [0.15, 0.2) is 11.9 Å². The predicted octanol–water partition coefficient (Wildman–Crippen LogP) is 4.22. The van der Waals surface area contributed by atoms with Gasteiger partial charge in [0.2, 0.25) is 0 Å². The molecule has 25 heavy (non-hydrogen) atoms. The summed E-state index contributed by atoms with van der Waals surface area (Å²) < 4.78 is 6.90. The highest BCUT2D eigenvalue weighted by Gasteiger charge is 2.29. The predicted molar refractivity (Wildman–Crippen MR) is 95.2 cm³/mol. The zero-order valence-corrected chi connectivity index (χ0v) is 15.3. The minimum Gasteiger partial charge on any atom is -0.451 e. The molecule has 5 nitrogen and oxygen atoms in total. The van der Waals surface area contributed by atoms with Gasteiger partial charge in [-0.25, -0.2) is 9.48 Å². The van der Waals surface area contributed by atoms with Gasteiger partial charge in [0.05, 0.1) is 12.2 Å². The lowest BCUT2D eigenvalue weighted by molar-refractivity contribution is -0.129. The second-order valence-electron chi connectivity index (χ2n) is 6.11. The summed E-state index contributed by atoms with van der Waals surface area (Å²) in [6.07, 6.45) is 2.07. The molecular weight excluding hydrogens is 363 g/mol. The van der Waals surface area contributed by atoms with Gasteiger partial charge in [-0.15, -0.1) is 0 Å². The van der Waals surface area contributed by atoms with Gasteiger partial charge in [0, 0.05) is 11.4 Å². The molecule has 7 heteroatoms. The molecule has 0 radical (unpaired) electrons. The number of hydrogen-bond acceptors (Lipinski definition) is 4. The smallest absolute Gasteiger partial charge is 0.343 e. The van der Waals surface area contributed by atoms with Crippen LogP contribution >= 0.6 is 23.2 Å². The van der Waals surface area contributed by atoms with Gasteiger partial charge in [0.1, 0.15) is 10.7 Å². The normalized spacial score (nSPS) is 17.6. The maximum Gasteiger partial charge on any atom is 0.343 e. The van der Waals surface area contributed by atoms with E-state index in [1.807, 2.05) is 18.2 Å². The number of Topliss-reactive ketones (excluding diaryl/α,β-unsaturated/α-hetero) is 1. The second-order valence-corrected chi connectivity index (χ2v) is 6.87. The van der Waals surface area contributed by atoms with E-state index in [1.54, 1.807) is 13.0 Å². The molecule has 132 valence electrons. The molecule has 0 aliphatic heterocycles. The molecule has 1 unspecified atom stereocenters. The Balaban J connectivity index is 1.80. The monoisotopic (exact) mass is 380 g/mol. The number of rotatable bonds is 4. The molecule has 0 N–H and O–H groups in total. The number of aryl methyl sites for hydroxylation is 1. The quantitative estimate of drug-likeness (QED) is 0.745. The largest absolute Gasteiger partial charge is 0.451 e. The fourth-order valence-electron chi connectivity index (χ4n) is 2.94. The lowest BCUT2D eigenvalue weighted by Crippen LogP contribution is -2.30. The number of esters is 1. The number of carbonyl (C=O) groups excluding carboxylic acids is 2. The van der Waals surface area contributed by atoms with Gasteiger partial charge in [-0.2, -0.15) is 5.10 Å². The Morgan fingerprint density at radius 1 is 1.32 bits per heavy atom. The molecule has 0 amide bonds. The van der Waals surface area contributed by atoms with Crippen LogP contribution in [0.5, 0.6) is 0 Å². The molecule has 1 aliphatic carbocycles. The van der Waals surface area contributed by atoms with E-state index in [-0.39, 0.29) is 16.5 Å². The SMILES string of the molecule is Cc1nn(Cc2ccccc2Cl)c(Cl)c1C(=O)OC1CCCCC1=O. The first-order valence-electron chi connectivity index (χ1n) is 8.17. The number of aromatic nitrogens is 2. The summed E-state index contributed by atoms with van der Waals surface area (Å²) in [5, 5.41) is 5.11. The molecule has 0 bridgehead atoms. The number of ketones is 1. The van der Waals surface area contributed by atoms with Crippen molar-refractivity contribution in [2.75, 3.05) is 0 Å². The van der Waals surface area contributed by atoms with Gasteiger partial charge in [-0.05, 0) is 37.8 Å². The van der Waals surface area contributed by atoms with E-state index in [0.29, 0.717) is 30.1 Å². The third-order valence-electron chi connectivity index (χ3n) is 4.30. The molecule has 1 fully saturated rings. The summed E-state index contributed by atoms with van der Waals surface area (Å²) in [5.41, 5.74) is 1.51. The Hall–Kier alpha value is -1.85. The first kappa shape index (κ1) is 18.0. The summed E-state index contributed by atoms with van der Waals surface area (Å²) in [6.45, 7) is 2.03. The summed E-state index contributed by atoms with van der Waals surface area (Å²) in [4.78, 5) is 24.4. The number of hydrogen-bond donors (Lipinski definition) is 0. The average molecular weight is 381 g/mol. The van der Waals surface area contributed by atoms with Gasteiger partial charge < -0.3 is 4.74 Å². The van der Waals surface area contributed by atoms with Crippen LogP contribution in [-0.2, 0) is 16.1 Å². The van der Waals surface area contributed by atoms with Crippen LogP contribution in [0.15, 0.2) is 24.3 Å². The topological polar surface area (TPSA) is 61.2 Å². The molecule has 1 atom stereocenters. The molecule has 1 aliphatic rings. The van der Waals surface area contributed by atoms with Gasteiger partial charge >= 0.3 is 5.97 Å². The summed E-state index contributed by atoms with van der Waals surface area (Å²) in [5.74, 6) is -0.634. The van der Waals surface area contributed by atoms with Crippen LogP contribution in [0.3, 0.4) is 0 Å². The molecule has 0 spiro atoms. The van der Waals surface area contributed by atoms with E-state index in [2.05, 4.69) is 5.10 Å². The van der Waals surface area contributed by atoms with Crippen molar-refractivity contribution in [3.05, 3.63) is 51.3 Å². The van der Waals surface area contributed by atoms with Crippen molar-refractivity contribution in [3.63, 3.8) is 0 Å². The van der Waals surface area contributed by atoms with Gasteiger partial charge in [-0.1, -0.05) is 41.4 Å². The lowest BCUT2D eigenvalue weighted by atomic mass is 9.96. The van der Waals surface area contributed by atoms with E-state index in [1.165, 1.54) is 4.68 Å². The molecule has 3 rings (SSSR count). The molecule has 1 aromatic carbocycles. The highest BCUT2D eigenvalue weighted by atomic mass is 35.5. The number of ether oxygens (including phenoxy) is 1. The van der Waals surface area contributed by atoms with Crippen molar-refractivity contribution in [2.24, 2.45) is 0 Å². The van der Waals surface area contributed by atoms with Crippen LogP contribution < -0.4 is 0 Å². The maximum atomic E-state index is 12.5. The second kappa shape index (κ2) is 7.58. The molecule has 1 aromatic heterocycles. The van der Waals surface area contributed by atoms with E-state index >= 15 is 0 Å². The Labute approximate surface area is 155 Å². The van der Waals surface area contributed by atoms with E-state index in [0.717, 1.165) is 18.4 Å². The molecular formula is C18H18Cl2N2O3. The number of nitrogens with zero attached hydrogens (tertiary/aromatic N) is 2. The fraction of sp³-hybridized carbons (Fsp3) is 0.389. The molecule has 1 saturated carbocycles. The summed E-state index contributed by atoms with van der Waals surface area (Å²) >= 11 is 12.5. The fourth-order valence-corrected chi connectivity index (χ4v) is 3.45. The van der Waals surface area contributed by atoms with Gasteiger partial charge in [-0.3, -0.25) is 4.79 Å².